The molecule has 3 aromatic carbocycles. The van der Waals surface area contributed by atoms with E-state index in [0.717, 1.165) is 44.3 Å². The van der Waals surface area contributed by atoms with E-state index >= 15 is 0 Å². The second-order valence-corrected chi connectivity index (χ2v) is 10.9. The normalized spacial score (nSPS) is 14.2. The van der Waals surface area contributed by atoms with Gasteiger partial charge in [0.2, 0.25) is 5.69 Å². The lowest BCUT2D eigenvalue weighted by molar-refractivity contribution is -0.660. The number of furan rings is 1. The third-order valence-corrected chi connectivity index (χ3v) is 8.26. The van der Waals surface area contributed by atoms with E-state index in [4.69, 9.17) is 4.42 Å². The number of hydrogen-bond donors (Lipinski definition) is 0. The van der Waals surface area contributed by atoms with Crippen molar-refractivity contribution in [1.29, 1.82) is 5.26 Å². The average molecular weight is 486 g/mol. The maximum Gasteiger partial charge on any atom is 0.216 e. The zero-order valence-corrected chi connectivity index (χ0v) is 22.1. The topological polar surface area (TPSA) is 40.8 Å². The first-order chi connectivity index (χ1) is 18.0. The van der Waals surface area contributed by atoms with Crippen molar-refractivity contribution >= 4 is 21.9 Å². The van der Waals surface area contributed by atoms with Crippen LogP contribution in [0.15, 0.2) is 71.3 Å². The van der Waals surface area contributed by atoms with Gasteiger partial charge in [-0.2, -0.15) is 5.26 Å². The smallest absolute Gasteiger partial charge is 0.216 e. The van der Waals surface area contributed by atoms with Gasteiger partial charge in [-0.1, -0.05) is 63.1 Å². The molecule has 0 bridgehead atoms. The van der Waals surface area contributed by atoms with Crippen LogP contribution in [0.1, 0.15) is 73.6 Å². The second kappa shape index (κ2) is 9.20. The molecule has 5 aromatic rings. The Labute approximate surface area is 219 Å². The van der Waals surface area contributed by atoms with Crippen LogP contribution in [0.5, 0.6) is 0 Å². The van der Waals surface area contributed by atoms with Gasteiger partial charge < -0.3 is 4.42 Å². The molecule has 1 fully saturated rings. The zero-order chi connectivity index (χ0) is 25.7. The number of aryl methyl sites for hydroxylation is 2. The molecule has 3 heteroatoms. The fraction of sp³-hybridized carbons (Fsp3) is 0.294. The summed E-state index contributed by atoms with van der Waals surface area (Å²) in [7, 11) is 2.09. The summed E-state index contributed by atoms with van der Waals surface area (Å²) in [6, 6.07) is 24.1. The fourth-order valence-corrected chi connectivity index (χ4v) is 6.07. The van der Waals surface area contributed by atoms with Crippen LogP contribution < -0.4 is 4.57 Å². The molecule has 1 aliphatic carbocycles. The highest BCUT2D eigenvalue weighted by molar-refractivity contribution is 6.14. The zero-order valence-electron chi connectivity index (χ0n) is 22.1. The van der Waals surface area contributed by atoms with Crippen molar-refractivity contribution in [2.45, 2.75) is 58.3 Å². The van der Waals surface area contributed by atoms with Crippen LogP contribution in [0.3, 0.4) is 0 Å². The maximum atomic E-state index is 10.0. The van der Waals surface area contributed by atoms with Gasteiger partial charge in [0, 0.05) is 28.5 Å². The fourth-order valence-electron chi connectivity index (χ4n) is 6.07. The largest absolute Gasteiger partial charge is 0.454 e. The Morgan fingerprint density at radius 1 is 0.892 bits per heavy atom. The van der Waals surface area contributed by atoms with E-state index in [0.29, 0.717) is 17.4 Å². The van der Waals surface area contributed by atoms with Gasteiger partial charge in [-0.15, -0.1) is 0 Å². The van der Waals surface area contributed by atoms with Gasteiger partial charge in [0.15, 0.2) is 6.20 Å². The Kier molecular flexibility index (Phi) is 5.84. The molecular weight excluding hydrogens is 452 g/mol. The highest BCUT2D eigenvalue weighted by Gasteiger charge is 2.24. The van der Waals surface area contributed by atoms with E-state index in [9.17, 15) is 5.26 Å². The molecule has 2 heterocycles. The lowest BCUT2D eigenvalue weighted by Crippen LogP contribution is -2.31. The quantitative estimate of drug-likeness (QED) is 0.239. The first-order valence-corrected chi connectivity index (χ1v) is 13.5. The lowest BCUT2D eigenvalue weighted by atomic mass is 9.92. The first-order valence-electron chi connectivity index (χ1n) is 13.5. The van der Waals surface area contributed by atoms with Crippen LogP contribution in [0.2, 0.25) is 0 Å². The van der Waals surface area contributed by atoms with Gasteiger partial charge >= 0.3 is 0 Å². The molecule has 37 heavy (non-hydrogen) atoms. The van der Waals surface area contributed by atoms with Crippen molar-refractivity contribution in [2.24, 2.45) is 7.05 Å². The molecule has 3 nitrogen and oxygen atoms in total. The van der Waals surface area contributed by atoms with E-state index in [1.165, 1.54) is 42.4 Å². The van der Waals surface area contributed by atoms with Gasteiger partial charge in [0.05, 0.1) is 17.2 Å². The molecule has 1 aliphatic rings. The van der Waals surface area contributed by atoms with E-state index in [1.807, 2.05) is 12.1 Å². The number of nitriles is 1. The van der Waals surface area contributed by atoms with Crippen LogP contribution in [0.4, 0.5) is 0 Å². The Morgan fingerprint density at radius 2 is 1.57 bits per heavy atom. The molecule has 0 atom stereocenters. The second-order valence-electron chi connectivity index (χ2n) is 10.9. The molecule has 1 saturated carbocycles. The van der Waals surface area contributed by atoms with E-state index in [-0.39, 0.29) is 0 Å². The molecular formula is C34H33N2O+. The number of benzene rings is 3. The molecule has 0 N–H and O–H groups in total. The monoisotopic (exact) mass is 485 g/mol. The minimum atomic E-state index is 0.437. The molecule has 0 amide bonds. The summed E-state index contributed by atoms with van der Waals surface area (Å²) in [4.78, 5) is 0. The maximum absolute atomic E-state index is 10.0. The van der Waals surface area contributed by atoms with E-state index < -0.39 is 0 Å². The van der Waals surface area contributed by atoms with Crippen molar-refractivity contribution in [2.75, 3.05) is 0 Å². The van der Waals surface area contributed by atoms with Crippen LogP contribution >= 0.6 is 0 Å². The Morgan fingerprint density at radius 3 is 2.24 bits per heavy atom. The predicted octanol–water partition coefficient (Wildman–Crippen LogP) is 8.71. The third-order valence-electron chi connectivity index (χ3n) is 8.26. The van der Waals surface area contributed by atoms with Crippen LogP contribution in [0.25, 0.3) is 44.3 Å². The Balaban J connectivity index is 1.59. The number of aromatic nitrogens is 1. The number of pyridine rings is 1. The summed E-state index contributed by atoms with van der Waals surface area (Å²) in [5.41, 5.74) is 10.4. The highest BCUT2D eigenvalue weighted by atomic mass is 16.3. The average Bonchev–Trinajstić information content (AvgIpc) is 3.57. The highest BCUT2D eigenvalue weighted by Crippen LogP contribution is 2.42. The molecule has 6 rings (SSSR count). The molecule has 184 valence electrons. The number of hydrogen-bond acceptors (Lipinski definition) is 2. The molecule has 0 unspecified atom stereocenters. The molecule has 0 saturated heterocycles. The van der Waals surface area contributed by atoms with Crippen molar-refractivity contribution in [1.82, 2.24) is 0 Å². The summed E-state index contributed by atoms with van der Waals surface area (Å²) in [5.74, 6) is 1.10. The Bertz CT molecular complexity index is 1680. The number of rotatable bonds is 4. The molecule has 0 aliphatic heterocycles. The third kappa shape index (κ3) is 3.92. The van der Waals surface area contributed by atoms with Crippen LogP contribution in [-0.4, -0.2) is 0 Å². The van der Waals surface area contributed by atoms with Crippen LogP contribution in [-0.2, 0) is 7.05 Å². The van der Waals surface area contributed by atoms with Gasteiger partial charge in [-0.05, 0) is 66.0 Å². The van der Waals surface area contributed by atoms with Gasteiger partial charge in [-0.3, -0.25) is 0 Å². The van der Waals surface area contributed by atoms with E-state index in [2.05, 4.69) is 93.2 Å². The van der Waals surface area contributed by atoms with Crippen molar-refractivity contribution in [3.8, 4) is 28.5 Å². The minimum absolute atomic E-state index is 0.437. The van der Waals surface area contributed by atoms with Gasteiger partial charge in [0.1, 0.15) is 18.2 Å². The predicted molar refractivity (Wildman–Crippen MR) is 151 cm³/mol. The number of nitrogens with zero attached hydrogens (tertiary/aromatic N) is 2. The first kappa shape index (κ1) is 23.5. The summed E-state index contributed by atoms with van der Waals surface area (Å²) < 4.78 is 8.94. The van der Waals surface area contributed by atoms with Crippen molar-refractivity contribution in [3.63, 3.8) is 0 Å². The summed E-state index contributed by atoms with van der Waals surface area (Å²) >= 11 is 0. The SMILES string of the molecule is Cc1ccc2c(oc3c(-c4ccc(C5CCCC5)cc4)c(C#N)ccc32)c1-c1cc(C(C)C)cc[n+]1C. The Hall–Kier alpha value is -3.90. The summed E-state index contributed by atoms with van der Waals surface area (Å²) in [6.07, 6.45) is 7.33. The van der Waals surface area contributed by atoms with Crippen molar-refractivity contribution in [3.05, 3.63) is 89.1 Å². The van der Waals surface area contributed by atoms with E-state index in [1.54, 1.807) is 0 Å². The minimum Gasteiger partial charge on any atom is -0.454 e. The summed E-state index contributed by atoms with van der Waals surface area (Å²) in [5, 5.41) is 12.2. The standard InChI is InChI=1S/C34H33N2O/c1-21(2)26-17-18-36(4)30(19-26)31-22(3)9-15-28-29-16-14-27(20-35)32(34(29)37-33(28)31)25-12-10-24(11-13-25)23-7-5-6-8-23/h9-19,21,23H,5-8H2,1-4H3/q+1. The van der Waals surface area contributed by atoms with Crippen LogP contribution in [0, 0.1) is 18.3 Å². The molecule has 2 aromatic heterocycles. The summed E-state index contributed by atoms with van der Waals surface area (Å²) in [6.45, 7) is 6.59. The van der Waals surface area contributed by atoms with Gasteiger partial charge in [0.25, 0.3) is 0 Å². The molecule has 0 radical (unpaired) electrons. The van der Waals surface area contributed by atoms with Gasteiger partial charge in [-0.25, -0.2) is 4.57 Å². The van der Waals surface area contributed by atoms with Crippen molar-refractivity contribution < 1.29 is 8.98 Å². The molecule has 0 spiro atoms. The number of fused-ring (bicyclic) bond motifs is 3. The lowest BCUT2D eigenvalue weighted by Gasteiger charge is -2.11.